The Morgan fingerprint density at radius 3 is 2.50 bits per heavy atom. The molecule has 0 spiro atoms. The summed E-state index contributed by atoms with van der Waals surface area (Å²) >= 11 is 3.46. The van der Waals surface area contributed by atoms with E-state index >= 15 is 0 Å². The molecule has 2 aliphatic rings. The van der Waals surface area contributed by atoms with Gasteiger partial charge >= 0.3 is 0 Å². The van der Waals surface area contributed by atoms with Gasteiger partial charge in [-0.1, -0.05) is 28.1 Å². The Hall–Kier alpha value is -0.580. The second kappa shape index (κ2) is 9.21. The Bertz CT molecular complexity index is 525. The fourth-order valence-corrected chi connectivity index (χ4v) is 4.31. The van der Waals surface area contributed by atoms with Gasteiger partial charge in [0.25, 0.3) is 0 Å². The molecule has 0 radical (unpaired) electrons. The maximum Gasteiger partial charge on any atom is 0.220 e. The van der Waals surface area contributed by atoms with Crippen molar-refractivity contribution in [2.24, 2.45) is 5.92 Å². The molecule has 2 N–H and O–H groups in total. The molecule has 2 saturated heterocycles. The lowest BCUT2D eigenvalue weighted by Gasteiger charge is -2.29. The summed E-state index contributed by atoms with van der Waals surface area (Å²) in [4.78, 5) is 12.3. The summed E-state index contributed by atoms with van der Waals surface area (Å²) in [5.74, 6) is 0.812. The number of amides is 1. The Morgan fingerprint density at radius 1 is 1.25 bits per heavy atom. The number of fused-ring (bicyclic) bond motifs is 2. The molecule has 3 rings (SSSR count). The van der Waals surface area contributed by atoms with Gasteiger partial charge in [0.2, 0.25) is 5.91 Å². The van der Waals surface area contributed by atoms with Crippen LogP contribution >= 0.6 is 28.3 Å². The highest BCUT2D eigenvalue weighted by molar-refractivity contribution is 9.10. The minimum absolute atomic E-state index is 0. The van der Waals surface area contributed by atoms with Crippen LogP contribution in [0.4, 0.5) is 0 Å². The molecule has 2 bridgehead atoms. The van der Waals surface area contributed by atoms with E-state index in [1.807, 2.05) is 0 Å². The highest BCUT2D eigenvalue weighted by Crippen LogP contribution is 2.32. The molecule has 3 nitrogen and oxygen atoms in total. The van der Waals surface area contributed by atoms with Crippen LogP contribution in [0.25, 0.3) is 0 Å². The van der Waals surface area contributed by atoms with Crippen LogP contribution in [0.15, 0.2) is 28.7 Å². The molecule has 3 atom stereocenters. The van der Waals surface area contributed by atoms with Crippen molar-refractivity contribution in [1.29, 1.82) is 0 Å². The van der Waals surface area contributed by atoms with Gasteiger partial charge in [-0.15, -0.1) is 12.4 Å². The molecule has 5 heteroatoms. The first-order chi connectivity index (χ1) is 11.1. The molecule has 0 aliphatic carbocycles. The Morgan fingerprint density at radius 2 is 1.88 bits per heavy atom. The average Bonchev–Trinajstić information content (AvgIpc) is 2.85. The monoisotopic (exact) mass is 414 g/mol. The highest BCUT2D eigenvalue weighted by Gasteiger charge is 2.34. The molecule has 3 unspecified atom stereocenters. The van der Waals surface area contributed by atoms with Crippen molar-refractivity contribution in [3.63, 3.8) is 0 Å². The lowest BCUT2D eigenvalue weighted by molar-refractivity contribution is -0.122. The van der Waals surface area contributed by atoms with Gasteiger partial charge in [0.15, 0.2) is 0 Å². The molecule has 2 heterocycles. The lowest BCUT2D eigenvalue weighted by atomic mass is 9.89. The maximum absolute atomic E-state index is 12.3. The third-order valence-corrected chi connectivity index (χ3v) is 5.76. The quantitative estimate of drug-likeness (QED) is 0.730. The smallest absolute Gasteiger partial charge is 0.220 e. The molecule has 2 aliphatic heterocycles. The van der Waals surface area contributed by atoms with Crippen molar-refractivity contribution in [1.82, 2.24) is 10.6 Å². The van der Waals surface area contributed by atoms with E-state index in [-0.39, 0.29) is 24.4 Å². The number of halogens is 2. The number of benzene rings is 1. The third-order valence-electron chi connectivity index (χ3n) is 5.23. The zero-order valence-electron chi connectivity index (χ0n) is 14.3. The number of piperidine rings is 1. The van der Waals surface area contributed by atoms with E-state index in [1.165, 1.54) is 31.2 Å². The largest absolute Gasteiger partial charge is 0.354 e. The van der Waals surface area contributed by atoms with Crippen LogP contribution in [0.1, 0.15) is 51.0 Å². The van der Waals surface area contributed by atoms with Crippen LogP contribution in [-0.2, 0) is 11.2 Å². The SMILES string of the molecule is CC(CCc1ccc(Br)cc1)NC(=O)CC1CC2CCC(C1)N2.Cl. The molecular weight excluding hydrogens is 388 g/mol. The van der Waals surface area contributed by atoms with E-state index in [0.29, 0.717) is 24.4 Å². The Balaban J connectivity index is 0.00000208. The van der Waals surface area contributed by atoms with Crippen molar-refractivity contribution in [3.8, 4) is 0 Å². The first kappa shape index (κ1) is 19.7. The minimum atomic E-state index is 0. The first-order valence-electron chi connectivity index (χ1n) is 8.88. The Kier molecular flexibility index (Phi) is 7.58. The summed E-state index contributed by atoms with van der Waals surface area (Å²) in [5.41, 5.74) is 1.32. The average molecular weight is 416 g/mol. The fourth-order valence-electron chi connectivity index (χ4n) is 4.04. The van der Waals surface area contributed by atoms with Gasteiger partial charge in [-0.05, 0) is 69.1 Å². The fraction of sp³-hybridized carbons (Fsp3) is 0.632. The van der Waals surface area contributed by atoms with Crippen molar-refractivity contribution in [2.75, 3.05) is 0 Å². The maximum atomic E-state index is 12.3. The van der Waals surface area contributed by atoms with E-state index in [4.69, 9.17) is 0 Å². The molecule has 134 valence electrons. The van der Waals surface area contributed by atoms with Crippen molar-refractivity contribution in [3.05, 3.63) is 34.3 Å². The van der Waals surface area contributed by atoms with Gasteiger partial charge in [0.05, 0.1) is 0 Å². The summed E-state index contributed by atoms with van der Waals surface area (Å²) in [6.07, 6.45) is 7.65. The second-order valence-electron chi connectivity index (χ2n) is 7.31. The van der Waals surface area contributed by atoms with Crippen LogP contribution in [0, 0.1) is 5.92 Å². The van der Waals surface area contributed by atoms with Crippen LogP contribution in [-0.4, -0.2) is 24.0 Å². The van der Waals surface area contributed by atoms with Crippen molar-refractivity contribution >= 4 is 34.2 Å². The first-order valence-corrected chi connectivity index (χ1v) is 9.67. The zero-order chi connectivity index (χ0) is 16.2. The summed E-state index contributed by atoms with van der Waals surface area (Å²) in [6.45, 7) is 2.11. The number of hydrogen-bond donors (Lipinski definition) is 2. The molecule has 0 aromatic heterocycles. The van der Waals surface area contributed by atoms with Crippen LogP contribution in [0.5, 0.6) is 0 Å². The molecule has 0 saturated carbocycles. The number of rotatable bonds is 6. The zero-order valence-corrected chi connectivity index (χ0v) is 16.7. The third kappa shape index (κ3) is 5.75. The summed E-state index contributed by atoms with van der Waals surface area (Å²) in [5, 5.41) is 6.83. The Labute approximate surface area is 159 Å². The van der Waals surface area contributed by atoms with Gasteiger partial charge in [-0.3, -0.25) is 4.79 Å². The molecule has 1 amide bonds. The van der Waals surface area contributed by atoms with Gasteiger partial charge in [-0.25, -0.2) is 0 Å². The predicted octanol–water partition coefficient (Wildman–Crippen LogP) is 4.23. The van der Waals surface area contributed by atoms with E-state index < -0.39 is 0 Å². The summed E-state index contributed by atoms with van der Waals surface area (Å²) in [7, 11) is 0. The number of carbonyl (C=O) groups excluding carboxylic acids is 1. The van der Waals surface area contributed by atoms with Crippen molar-refractivity contribution in [2.45, 2.75) is 70.0 Å². The molecule has 1 aromatic rings. The molecule has 2 fully saturated rings. The van der Waals surface area contributed by atoms with Gasteiger partial charge in [0.1, 0.15) is 0 Å². The number of nitrogens with one attached hydrogen (secondary N) is 2. The number of hydrogen-bond acceptors (Lipinski definition) is 2. The van der Waals surface area contributed by atoms with Gasteiger partial charge in [-0.2, -0.15) is 0 Å². The van der Waals surface area contributed by atoms with Crippen LogP contribution in [0.2, 0.25) is 0 Å². The van der Waals surface area contributed by atoms with Crippen LogP contribution in [0.3, 0.4) is 0 Å². The van der Waals surface area contributed by atoms with Gasteiger partial charge < -0.3 is 10.6 Å². The predicted molar refractivity (Wildman–Crippen MR) is 105 cm³/mol. The van der Waals surface area contributed by atoms with E-state index in [2.05, 4.69) is 57.8 Å². The molecular formula is C19H28BrClN2O. The second-order valence-corrected chi connectivity index (χ2v) is 8.23. The highest BCUT2D eigenvalue weighted by atomic mass is 79.9. The standard InChI is InChI=1S/C19H27BrN2O.ClH/c1-13(2-3-14-4-6-16(20)7-5-14)21-19(23)12-15-10-17-8-9-18(11-15)22-17;/h4-7,13,15,17-18,22H,2-3,8-12H2,1H3,(H,21,23);1H. The van der Waals surface area contributed by atoms with E-state index in [0.717, 1.165) is 17.3 Å². The summed E-state index contributed by atoms with van der Waals surface area (Å²) < 4.78 is 1.11. The molecule has 24 heavy (non-hydrogen) atoms. The van der Waals surface area contributed by atoms with E-state index in [1.54, 1.807) is 0 Å². The normalized spacial score (nSPS) is 26.5. The number of aryl methyl sites for hydroxylation is 1. The summed E-state index contributed by atoms with van der Waals surface area (Å²) in [6, 6.07) is 10.0. The van der Waals surface area contributed by atoms with E-state index in [9.17, 15) is 4.79 Å². The number of carbonyl (C=O) groups is 1. The van der Waals surface area contributed by atoms with Gasteiger partial charge in [0, 0.05) is 29.0 Å². The van der Waals surface area contributed by atoms with Crippen molar-refractivity contribution < 1.29 is 4.79 Å². The topological polar surface area (TPSA) is 41.1 Å². The van der Waals surface area contributed by atoms with Crippen LogP contribution < -0.4 is 10.6 Å². The lowest BCUT2D eigenvalue weighted by Crippen LogP contribution is -2.40. The molecule has 1 aromatic carbocycles. The minimum Gasteiger partial charge on any atom is -0.354 e.